The second-order valence-corrected chi connectivity index (χ2v) is 19.7. The van der Waals surface area contributed by atoms with Crippen LogP contribution in [-0.4, -0.2) is 11.2 Å². The largest absolute Gasteiger partial charge is 1.00 e. The summed E-state index contributed by atoms with van der Waals surface area (Å²) in [5, 5.41) is 2.75. The molecule has 0 radical (unpaired) electrons. The number of halogens is 2. The van der Waals surface area contributed by atoms with E-state index in [1.165, 1.54) is 60.4 Å². The van der Waals surface area contributed by atoms with Gasteiger partial charge in [-0.1, -0.05) is 76.6 Å². The molecular formula is C30H34Cl2SSiZr-2. The maximum atomic E-state index is 3.47. The van der Waals surface area contributed by atoms with Crippen LogP contribution in [0.4, 0.5) is 0 Å². The first-order chi connectivity index (χ1) is 15.7. The molecule has 0 spiro atoms. The van der Waals surface area contributed by atoms with Gasteiger partial charge in [-0.15, -0.1) is 44.5 Å². The summed E-state index contributed by atoms with van der Waals surface area (Å²) >= 11 is 3.66. The normalized spacial score (nSPS) is 13.5. The Kier molecular flexibility index (Phi) is 13.8. The van der Waals surface area contributed by atoms with Gasteiger partial charge >= 0.3 is 41.9 Å². The Morgan fingerprint density at radius 3 is 2.20 bits per heavy atom. The van der Waals surface area contributed by atoms with E-state index < -0.39 is 0 Å². The van der Waals surface area contributed by atoms with Crippen LogP contribution < -0.4 is 24.8 Å². The minimum atomic E-state index is 0. The molecule has 1 heterocycles. The monoisotopic (exact) mass is 614 g/mol. The molecule has 0 aromatic heterocycles. The van der Waals surface area contributed by atoms with E-state index >= 15 is 0 Å². The molecule has 5 heteroatoms. The van der Waals surface area contributed by atoms with E-state index in [0.717, 1.165) is 0 Å². The molecule has 2 aliphatic rings. The maximum Gasteiger partial charge on any atom is -0.0279 e. The molecule has 0 nitrogen and oxygen atoms in total. The average molecular weight is 617 g/mol. The van der Waals surface area contributed by atoms with Gasteiger partial charge in [-0.3, -0.25) is 0 Å². The van der Waals surface area contributed by atoms with Crippen molar-refractivity contribution in [2.45, 2.75) is 47.7 Å². The Labute approximate surface area is 244 Å². The first-order valence-corrected chi connectivity index (χ1v) is 18.8. The first kappa shape index (κ1) is 32.3. The van der Waals surface area contributed by atoms with Gasteiger partial charge in [0.15, 0.2) is 0 Å². The van der Waals surface area contributed by atoms with E-state index in [4.69, 9.17) is 0 Å². The molecule has 0 unspecified atom stereocenters. The zero-order chi connectivity index (χ0) is 24.1. The van der Waals surface area contributed by atoms with Crippen molar-refractivity contribution in [3.05, 3.63) is 99.5 Å². The fourth-order valence-electron chi connectivity index (χ4n) is 3.91. The number of hydrogen-bond acceptors (Lipinski definition) is 1. The third-order valence-electron chi connectivity index (χ3n) is 5.65. The van der Waals surface area contributed by atoms with Crippen LogP contribution in [0.2, 0.25) is 13.1 Å². The number of benzene rings is 2. The van der Waals surface area contributed by atoms with Crippen molar-refractivity contribution in [1.82, 2.24) is 0 Å². The molecule has 5 rings (SSSR count). The molecule has 0 saturated carbocycles. The van der Waals surface area contributed by atoms with Crippen molar-refractivity contribution < 1.29 is 48.1 Å². The summed E-state index contributed by atoms with van der Waals surface area (Å²) in [7, 11) is 0. The molecule has 0 saturated heterocycles. The number of rotatable bonds is 2. The minimum Gasteiger partial charge on any atom is -1.00 e. The third kappa shape index (κ3) is 8.68. The molecule has 1 aliphatic carbocycles. The third-order valence-corrected chi connectivity index (χ3v) is 6.84. The van der Waals surface area contributed by atoms with E-state index in [9.17, 15) is 0 Å². The minimum absolute atomic E-state index is 0. The van der Waals surface area contributed by atoms with E-state index in [0.29, 0.717) is 5.92 Å². The standard InChI is InChI=1S/C17H15.C11H13S.C2H6Si.2ClH.Zr/c1-12-10-16-13(2)8-9-15(17(16)11-12)14-6-4-3-5-7-14;1-7(2)9-4-10-8(3)6-12-11(10)5-9;1-3-2;;;/h3-11H,1-2H3;4,7H,6H2,1-3H3;1-2H3;2*1H;/q2*-1;;;;+2/p-2. The summed E-state index contributed by atoms with van der Waals surface area (Å²) in [6, 6.07) is 19.6. The van der Waals surface area contributed by atoms with Crippen molar-refractivity contribution in [2.24, 2.45) is 5.92 Å². The smallest absolute Gasteiger partial charge is 0.0279 e. The Morgan fingerprint density at radius 1 is 1.00 bits per heavy atom. The Morgan fingerprint density at radius 2 is 1.63 bits per heavy atom. The molecular weight excluding hydrogens is 583 g/mol. The fraction of sp³-hybridized carbons (Fsp3) is 0.300. The van der Waals surface area contributed by atoms with Crippen LogP contribution >= 0.6 is 11.8 Å². The molecule has 0 amide bonds. The van der Waals surface area contributed by atoms with Crippen LogP contribution in [0.5, 0.6) is 0 Å². The van der Waals surface area contributed by atoms with E-state index in [1.54, 1.807) is 23.3 Å². The predicted molar refractivity (Wildman–Crippen MR) is 147 cm³/mol. The number of hydrogen-bond donors (Lipinski definition) is 0. The Balaban J connectivity index is 0.000000301. The van der Waals surface area contributed by atoms with E-state index in [2.05, 4.69) is 114 Å². The van der Waals surface area contributed by atoms with Crippen LogP contribution in [0.3, 0.4) is 0 Å². The molecule has 1 aliphatic heterocycles. The Hall–Kier alpha value is -0.700. The van der Waals surface area contributed by atoms with Gasteiger partial charge in [-0.05, 0) is 11.5 Å². The van der Waals surface area contributed by atoms with Gasteiger partial charge in [0.25, 0.3) is 0 Å². The summed E-state index contributed by atoms with van der Waals surface area (Å²) in [5.74, 6) is 1.78. The molecule has 0 bridgehead atoms. The van der Waals surface area contributed by atoms with Gasteiger partial charge in [0.05, 0.1) is 0 Å². The molecule has 0 atom stereocenters. The van der Waals surface area contributed by atoms with Crippen LogP contribution in [0.15, 0.2) is 82.3 Å². The number of allylic oxidation sites excluding steroid dienone is 4. The van der Waals surface area contributed by atoms with Gasteiger partial charge in [0.1, 0.15) is 0 Å². The summed E-state index contributed by atoms with van der Waals surface area (Å²) < 4.78 is 0. The summed E-state index contributed by atoms with van der Waals surface area (Å²) in [6.45, 7) is 15.6. The van der Waals surface area contributed by atoms with Gasteiger partial charge in [0.2, 0.25) is 0 Å². The summed E-state index contributed by atoms with van der Waals surface area (Å²) in [6.07, 6.45) is 5.77. The second kappa shape index (κ2) is 14.9. The zero-order valence-electron chi connectivity index (χ0n) is 21.7. The topological polar surface area (TPSA) is 0 Å². The van der Waals surface area contributed by atoms with Gasteiger partial charge in [-0.25, -0.2) is 6.08 Å². The van der Waals surface area contributed by atoms with E-state index in [-0.39, 0.29) is 30.2 Å². The summed E-state index contributed by atoms with van der Waals surface area (Å²) in [5.41, 5.74) is 9.86. The molecule has 0 N–H and O–H groups in total. The Bertz CT molecular complexity index is 1250. The number of thioether (sulfide) groups is 1. The maximum absolute atomic E-state index is 3.47. The molecule has 35 heavy (non-hydrogen) atoms. The number of aryl methyl sites for hydroxylation is 2. The number of fused-ring (bicyclic) bond motifs is 2. The van der Waals surface area contributed by atoms with Crippen molar-refractivity contribution >= 4 is 28.0 Å². The van der Waals surface area contributed by atoms with Crippen molar-refractivity contribution in [3.63, 3.8) is 0 Å². The van der Waals surface area contributed by atoms with Gasteiger partial charge in [-0.2, -0.15) is 35.1 Å². The van der Waals surface area contributed by atoms with Gasteiger partial charge < -0.3 is 24.8 Å². The molecule has 184 valence electrons. The second-order valence-electron chi connectivity index (χ2n) is 9.35. The SMILES string of the molecule is CC1=C2C=C(C(C)C)[C-]=C2SC1.C[Si](C)=[Zr+2].Cc1cc2c(-c3ccccc3)ccc(C)c2[cH-]1.[Cl-].[Cl-]. The van der Waals surface area contributed by atoms with Crippen LogP contribution in [0.1, 0.15) is 31.9 Å². The molecule has 3 aromatic rings. The first-order valence-electron chi connectivity index (χ1n) is 11.6. The molecule has 3 aromatic carbocycles. The van der Waals surface area contributed by atoms with Crippen LogP contribution in [-0.2, 0) is 23.3 Å². The quantitative estimate of drug-likeness (QED) is 0.315. The predicted octanol–water partition coefficient (Wildman–Crippen LogP) is 2.97. The van der Waals surface area contributed by atoms with E-state index in [1.807, 2.05) is 11.8 Å². The summed E-state index contributed by atoms with van der Waals surface area (Å²) in [4.78, 5) is 1.37. The van der Waals surface area contributed by atoms with Crippen LogP contribution in [0, 0.1) is 25.8 Å². The van der Waals surface area contributed by atoms with Gasteiger partial charge in [0, 0.05) is 5.75 Å². The van der Waals surface area contributed by atoms with Crippen molar-refractivity contribution in [3.8, 4) is 11.1 Å². The van der Waals surface area contributed by atoms with Crippen LogP contribution in [0.25, 0.3) is 21.9 Å². The van der Waals surface area contributed by atoms with Crippen molar-refractivity contribution in [1.29, 1.82) is 0 Å². The molecule has 0 fully saturated rings. The average Bonchev–Trinajstić information content (AvgIpc) is 3.45. The van der Waals surface area contributed by atoms with Crippen molar-refractivity contribution in [2.75, 3.05) is 5.75 Å². The zero-order valence-corrected chi connectivity index (χ0v) is 27.5. The fourth-order valence-corrected chi connectivity index (χ4v) is 5.01.